The normalized spacial score (nSPS) is 10.6. The van der Waals surface area contributed by atoms with Crippen LogP contribution >= 0.6 is 23.2 Å². The molecule has 7 heteroatoms. The average molecular weight is 391 g/mol. The van der Waals surface area contributed by atoms with E-state index in [2.05, 4.69) is 5.32 Å². The molecule has 0 aliphatic heterocycles. The van der Waals surface area contributed by atoms with E-state index in [1.807, 2.05) is 0 Å². The second-order valence-electron chi connectivity index (χ2n) is 5.55. The minimum atomic E-state index is -0.540. The fraction of sp³-hybridized carbons (Fsp3) is 0.0526. The lowest BCUT2D eigenvalue weighted by molar-refractivity contribution is 0.102. The monoisotopic (exact) mass is 390 g/mol. The van der Waals surface area contributed by atoms with E-state index in [0.717, 1.165) is 0 Å². The van der Waals surface area contributed by atoms with Crippen LogP contribution in [0.1, 0.15) is 15.9 Å². The van der Waals surface area contributed by atoms with Gasteiger partial charge in [-0.05, 0) is 35.9 Å². The van der Waals surface area contributed by atoms with Gasteiger partial charge in [0.05, 0.1) is 17.8 Å². The molecule has 0 saturated carbocycles. The molecule has 0 bridgehead atoms. The number of rotatable bonds is 4. The predicted octanol–water partition coefficient (Wildman–Crippen LogP) is 4.59. The van der Waals surface area contributed by atoms with Crippen LogP contribution < -0.4 is 10.9 Å². The van der Waals surface area contributed by atoms with Crippen LogP contribution in [0.25, 0.3) is 0 Å². The van der Waals surface area contributed by atoms with Crippen molar-refractivity contribution < 1.29 is 9.18 Å². The van der Waals surface area contributed by atoms with Gasteiger partial charge in [0.2, 0.25) is 0 Å². The van der Waals surface area contributed by atoms with Gasteiger partial charge >= 0.3 is 0 Å². The van der Waals surface area contributed by atoms with Gasteiger partial charge < -0.3 is 9.88 Å². The second-order valence-corrected chi connectivity index (χ2v) is 6.40. The molecule has 0 fully saturated rings. The van der Waals surface area contributed by atoms with Crippen molar-refractivity contribution in [2.75, 3.05) is 5.32 Å². The SMILES string of the molecule is O=C(Nc1ccccc1F)c1ccc(=O)n(Cc2ccc(Cl)cc2Cl)c1. The molecule has 4 nitrogen and oxygen atoms in total. The molecule has 0 unspecified atom stereocenters. The summed E-state index contributed by atoms with van der Waals surface area (Å²) in [5, 5.41) is 3.39. The van der Waals surface area contributed by atoms with Crippen molar-refractivity contribution in [3.63, 3.8) is 0 Å². The lowest BCUT2D eigenvalue weighted by Gasteiger charge is -2.11. The molecule has 0 spiro atoms. The molecule has 0 saturated heterocycles. The van der Waals surface area contributed by atoms with Crippen LogP contribution in [0.3, 0.4) is 0 Å². The van der Waals surface area contributed by atoms with E-state index >= 15 is 0 Å². The molecule has 1 aromatic heterocycles. The summed E-state index contributed by atoms with van der Waals surface area (Å²) in [5.74, 6) is -1.06. The summed E-state index contributed by atoms with van der Waals surface area (Å²) in [6.07, 6.45) is 1.41. The number of carbonyl (C=O) groups excluding carboxylic acids is 1. The maximum absolute atomic E-state index is 13.7. The molecule has 1 N–H and O–H groups in total. The quantitative estimate of drug-likeness (QED) is 0.707. The first-order valence-electron chi connectivity index (χ1n) is 7.64. The maximum Gasteiger partial charge on any atom is 0.257 e. The highest BCUT2D eigenvalue weighted by molar-refractivity contribution is 6.35. The Kier molecular flexibility index (Phi) is 5.40. The van der Waals surface area contributed by atoms with Crippen molar-refractivity contribution in [3.8, 4) is 0 Å². The lowest BCUT2D eigenvalue weighted by Crippen LogP contribution is -2.22. The number of hydrogen-bond donors (Lipinski definition) is 1. The Balaban J connectivity index is 1.86. The third-order valence-electron chi connectivity index (χ3n) is 3.72. The van der Waals surface area contributed by atoms with Crippen LogP contribution in [0.5, 0.6) is 0 Å². The zero-order valence-corrected chi connectivity index (χ0v) is 14.9. The number of hydrogen-bond acceptors (Lipinski definition) is 2. The topological polar surface area (TPSA) is 51.1 Å². The third kappa shape index (κ3) is 4.12. The molecule has 0 aliphatic carbocycles. The molecule has 26 heavy (non-hydrogen) atoms. The number of nitrogens with zero attached hydrogens (tertiary/aromatic N) is 1. The summed E-state index contributed by atoms with van der Waals surface area (Å²) >= 11 is 12.0. The number of para-hydroxylation sites is 1. The van der Waals surface area contributed by atoms with Crippen molar-refractivity contribution >= 4 is 34.8 Å². The first-order chi connectivity index (χ1) is 12.4. The smallest absolute Gasteiger partial charge is 0.257 e. The van der Waals surface area contributed by atoms with Crippen molar-refractivity contribution in [2.24, 2.45) is 0 Å². The van der Waals surface area contributed by atoms with Crippen LogP contribution in [-0.2, 0) is 6.54 Å². The van der Waals surface area contributed by atoms with Gasteiger partial charge in [-0.25, -0.2) is 4.39 Å². The summed E-state index contributed by atoms with van der Waals surface area (Å²) in [6.45, 7) is 0.176. The fourth-order valence-corrected chi connectivity index (χ4v) is 2.85. The van der Waals surface area contributed by atoms with Crippen LogP contribution in [0.15, 0.2) is 65.6 Å². The molecule has 132 valence electrons. The van der Waals surface area contributed by atoms with Crippen molar-refractivity contribution in [2.45, 2.75) is 6.54 Å². The number of carbonyl (C=O) groups is 1. The van der Waals surface area contributed by atoms with Crippen molar-refractivity contribution in [1.82, 2.24) is 4.57 Å². The van der Waals surface area contributed by atoms with Gasteiger partial charge in [0.1, 0.15) is 5.82 Å². The number of anilines is 1. The van der Waals surface area contributed by atoms with Crippen LogP contribution in [0, 0.1) is 5.82 Å². The standard InChI is InChI=1S/C19H13Cl2FN2O2/c20-14-7-5-12(15(21)9-14)10-24-11-13(6-8-18(24)25)19(26)23-17-4-2-1-3-16(17)22/h1-9,11H,10H2,(H,23,26). The Hall–Kier alpha value is -2.63. The number of benzene rings is 2. The van der Waals surface area contributed by atoms with E-state index in [9.17, 15) is 14.0 Å². The minimum absolute atomic E-state index is 0.0657. The highest BCUT2D eigenvalue weighted by atomic mass is 35.5. The zero-order chi connectivity index (χ0) is 18.7. The van der Waals surface area contributed by atoms with Crippen LogP contribution in [0.4, 0.5) is 10.1 Å². The Morgan fingerprint density at radius 1 is 1.08 bits per heavy atom. The van der Waals surface area contributed by atoms with E-state index < -0.39 is 11.7 Å². The summed E-state index contributed by atoms with van der Waals surface area (Å²) in [7, 11) is 0. The lowest BCUT2D eigenvalue weighted by atomic mass is 10.2. The Morgan fingerprint density at radius 2 is 1.85 bits per heavy atom. The molecule has 3 aromatic rings. The number of pyridine rings is 1. The van der Waals surface area contributed by atoms with E-state index in [-0.39, 0.29) is 23.4 Å². The Bertz CT molecular complexity index is 1030. The van der Waals surface area contributed by atoms with Gasteiger partial charge in [-0.15, -0.1) is 0 Å². The largest absolute Gasteiger partial charge is 0.319 e. The molecule has 1 amide bonds. The van der Waals surface area contributed by atoms with Crippen molar-refractivity contribution in [3.05, 3.63) is 98.1 Å². The van der Waals surface area contributed by atoms with Gasteiger partial charge in [-0.1, -0.05) is 41.4 Å². The molecule has 0 atom stereocenters. The molecule has 2 aromatic carbocycles. The maximum atomic E-state index is 13.7. The first kappa shape index (κ1) is 18.2. The molecular formula is C19H13Cl2FN2O2. The molecule has 0 aliphatic rings. The van der Waals surface area contributed by atoms with E-state index in [4.69, 9.17) is 23.2 Å². The molecule has 3 rings (SSSR count). The summed E-state index contributed by atoms with van der Waals surface area (Å²) < 4.78 is 15.0. The van der Waals surface area contributed by atoms with Crippen LogP contribution in [0.2, 0.25) is 10.0 Å². The first-order valence-corrected chi connectivity index (χ1v) is 8.40. The fourth-order valence-electron chi connectivity index (χ4n) is 2.38. The molecule has 1 heterocycles. The van der Waals surface area contributed by atoms with Gasteiger partial charge in [0.15, 0.2) is 0 Å². The number of halogens is 3. The Morgan fingerprint density at radius 3 is 2.58 bits per heavy atom. The zero-order valence-electron chi connectivity index (χ0n) is 13.4. The van der Waals surface area contributed by atoms with Crippen LogP contribution in [-0.4, -0.2) is 10.5 Å². The van der Waals surface area contributed by atoms with Gasteiger partial charge in [0.25, 0.3) is 11.5 Å². The predicted molar refractivity (Wildman–Crippen MR) is 101 cm³/mol. The second kappa shape index (κ2) is 7.72. The molecular weight excluding hydrogens is 378 g/mol. The summed E-state index contributed by atoms with van der Waals surface area (Å²) in [4.78, 5) is 24.4. The number of aromatic nitrogens is 1. The number of nitrogens with one attached hydrogen (secondary N) is 1. The van der Waals surface area contributed by atoms with Gasteiger partial charge in [-0.2, -0.15) is 0 Å². The van der Waals surface area contributed by atoms with Gasteiger partial charge in [-0.3, -0.25) is 9.59 Å². The summed E-state index contributed by atoms with van der Waals surface area (Å²) in [6, 6.07) is 13.5. The summed E-state index contributed by atoms with van der Waals surface area (Å²) in [5.41, 5.74) is 0.678. The number of amides is 1. The van der Waals surface area contributed by atoms with Crippen molar-refractivity contribution in [1.29, 1.82) is 0 Å². The average Bonchev–Trinajstić information content (AvgIpc) is 2.61. The van der Waals surface area contributed by atoms with E-state index in [1.165, 1.54) is 41.1 Å². The van der Waals surface area contributed by atoms with Gasteiger partial charge in [0, 0.05) is 22.3 Å². The van der Waals surface area contributed by atoms with E-state index in [0.29, 0.717) is 15.6 Å². The third-order valence-corrected chi connectivity index (χ3v) is 4.31. The highest BCUT2D eigenvalue weighted by Gasteiger charge is 2.11. The highest BCUT2D eigenvalue weighted by Crippen LogP contribution is 2.21. The minimum Gasteiger partial charge on any atom is -0.319 e. The molecule has 0 radical (unpaired) electrons. The Labute approximate surface area is 158 Å². The van der Waals surface area contributed by atoms with E-state index in [1.54, 1.807) is 24.3 Å².